The molecule has 0 unspecified atom stereocenters. The van der Waals surface area contributed by atoms with Gasteiger partial charge in [0.15, 0.2) is 0 Å². The highest BCUT2D eigenvalue weighted by Crippen LogP contribution is 2.03. The lowest BCUT2D eigenvalue weighted by Crippen LogP contribution is -2.14. The average molecular weight is 240 g/mol. The molecule has 1 aromatic carbocycles. The minimum Gasteiger partial charge on any atom is -0.465 e. The zero-order chi connectivity index (χ0) is 12.8. The molecular formula is C14H12N2O2. The molecule has 0 radical (unpaired) electrons. The third kappa shape index (κ3) is 3.18. The first-order valence-electron chi connectivity index (χ1n) is 5.41. The molecular weight excluding hydrogens is 228 g/mol. The monoisotopic (exact) mass is 240 g/mol. The van der Waals surface area contributed by atoms with Crippen molar-refractivity contribution in [2.75, 3.05) is 0 Å². The molecule has 1 aromatic heterocycles. The van der Waals surface area contributed by atoms with Gasteiger partial charge in [-0.3, -0.25) is 4.79 Å². The molecule has 4 heteroatoms. The van der Waals surface area contributed by atoms with Gasteiger partial charge in [0.1, 0.15) is 11.6 Å². The highest BCUT2D eigenvalue weighted by atomic mass is 16.3. The van der Waals surface area contributed by atoms with Crippen molar-refractivity contribution in [3.63, 3.8) is 0 Å². The number of amidine groups is 1. The van der Waals surface area contributed by atoms with Crippen LogP contribution in [0.4, 0.5) is 0 Å². The number of furan rings is 1. The van der Waals surface area contributed by atoms with Crippen LogP contribution >= 0.6 is 0 Å². The maximum atomic E-state index is 11.5. The van der Waals surface area contributed by atoms with Gasteiger partial charge in [0.05, 0.1) is 6.26 Å². The standard InChI is InChI=1S/C14H12N2O2/c15-14(11-5-2-1-3-6-11)16-13(17)9-8-12-7-4-10-18-12/h1-10H,(H2,15,16,17). The molecule has 0 aliphatic carbocycles. The van der Waals surface area contributed by atoms with Gasteiger partial charge in [-0.2, -0.15) is 4.99 Å². The van der Waals surface area contributed by atoms with Gasteiger partial charge in [0.25, 0.3) is 5.91 Å². The van der Waals surface area contributed by atoms with Crippen molar-refractivity contribution in [1.82, 2.24) is 0 Å². The minimum atomic E-state index is -0.423. The minimum absolute atomic E-state index is 0.199. The molecule has 1 amide bonds. The van der Waals surface area contributed by atoms with E-state index in [2.05, 4.69) is 4.99 Å². The van der Waals surface area contributed by atoms with Gasteiger partial charge in [-0.1, -0.05) is 30.3 Å². The van der Waals surface area contributed by atoms with Gasteiger partial charge in [-0.05, 0) is 18.2 Å². The Morgan fingerprint density at radius 1 is 1.17 bits per heavy atom. The number of hydrogen-bond acceptors (Lipinski definition) is 2. The summed E-state index contributed by atoms with van der Waals surface area (Å²) < 4.78 is 5.05. The lowest BCUT2D eigenvalue weighted by Gasteiger charge is -1.97. The number of aliphatic imine (C=N–C) groups is 1. The van der Waals surface area contributed by atoms with E-state index in [1.54, 1.807) is 30.3 Å². The topological polar surface area (TPSA) is 68.6 Å². The third-order valence-corrected chi connectivity index (χ3v) is 2.23. The largest absolute Gasteiger partial charge is 0.465 e. The number of benzene rings is 1. The Morgan fingerprint density at radius 3 is 2.61 bits per heavy atom. The molecule has 1 heterocycles. The number of rotatable bonds is 3. The van der Waals surface area contributed by atoms with Gasteiger partial charge in [0.2, 0.25) is 0 Å². The van der Waals surface area contributed by atoms with Crippen LogP contribution in [-0.4, -0.2) is 11.7 Å². The van der Waals surface area contributed by atoms with E-state index in [1.165, 1.54) is 12.3 Å². The van der Waals surface area contributed by atoms with Crippen molar-refractivity contribution in [3.8, 4) is 0 Å². The molecule has 2 N–H and O–H groups in total. The summed E-state index contributed by atoms with van der Waals surface area (Å²) in [6, 6.07) is 12.6. The van der Waals surface area contributed by atoms with Crippen LogP contribution in [0.25, 0.3) is 6.08 Å². The number of nitrogens with zero attached hydrogens (tertiary/aromatic N) is 1. The first-order valence-corrected chi connectivity index (χ1v) is 5.41. The fourth-order valence-electron chi connectivity index (χ4n) is 1.37. The van der Waals surface area contributed by atoms with Crippen LogP contribution in [0.1, 0.15) is 11.3 Å². The van der Waals surface area contributed by atoms with E-state index < -0.39 is 5.91 Å². The second kappa shape index (κ2) is 5.63. The van der Waals surface area contributed by atoms with Crippen LogP contribution in [0.2, 0.25) is 0 Å². The maximum Gasteiger partial charge on any atom is 0.271 e. The Hall–Kier alpha value is -2.62. The number of nitrogens with two attached hydrogens (primary N) is 1. The number of carbonyl (C=O) groups is 1. The third-order valence-electron chi connectivity index (χ3n) is 2.23. The van der Waals surface area contributed by atoms with Gasteiger partial charge in [-0.25, -0.2) is 0 Å². The smallest absolute Gasteiger partial charge is 0.271 e. The quantitative estimate of drug-likeness (QED) is 0.508. The van der Waals surface area contributed by atoms with Gasteiger partial charge < -0.3 is 10.2 Å². The molecule has 0 saturated heterocycles. The van der Waals surface area contributed by atoms with Crippen LogP contribution in [0.15, 0.2) is 64.2 Å². The van der Waals surface area contributed by atoms with Crippen LogP contribution in [0.3, 0.4) is 0 Å². The Morgan fingerprint density at radius 2 is 1.94 bits per heavy atom. The molecule has 0 bridgehead atoms. The fraction of sp³-hybridized carbons (Fsp3) is 0. The molecule has 4 nitrogen and oxygen atoms in total. The summed E-state index contributed by atoms with van der Waals surface area (Å²) in [6.45, 7) is 0. The number of hydrogen-bond donors (Lipinski definition) is 1. The highest BCUT2D eigenvalue weighted by molar-refractivity contribution is 6.07. The first-order chi connectivity index (χ1) is 8.75. The van der Waals surface area contributed by atoms with E-state index in [-0.39, 0.29) is 5.84 Å². The average Bonchev–Trinajstić information content (AvgIpc) is 2.90. The number of carbonyl (C=O) groups excluding carboxylic acids is 1. The molecule has 0 aliphatic rings. The van der Waals surface area contributed by atoms with E-state index in [4.69, 9.17) is 10.2 Å². The van der Waals surface area contributed by atoms with E-state index in [9.17, 15) is 4.79 Å². The van der Waals surface area contributed by atoms with Crippen LogP contribution in [-0.2, 0) is 4.79 Å². The lowest BCUT2D eigenvalue weighted by molar-refractivity contribution is -0.113. The molecule has 0 aliphatic heterocycles. The van der Waals surface area contributed by atoms with Crippen molar-refractivity contribution in [1.29, 1.82) is 0 Å². The second-order valence-corrected chi connectivity index (χ2v) is 3.55. The predicted octanol–water partition coefficient (Wildman–Crippen LogP) is 2.22. The normalized spacial score (nSPS) is 11.9. The Balaban J connectivity index is 2.07. The summed E-state index contributed by atoms with van der Waals surface area (Å²) in [5, 5.41) is 0. The molecule has 0 atom stereocenters. The van der Waals surface area contributed by atoms with Gasteiger partial charge in [0, 0.05) is 11.6 Å². The van der Waals surface area contributed by atoms with Crippen LogP contribution in [0, 0.1) is 0 Å². The summed E-state index contributed by atoms with van der Waals surface area (Å²) in [4.78, 5) is 15.3. The first kappa shape index (κ1) is 11.9. The van der Waals surface area contributed by atoms with Gasteiger partial charge >= 0.3 is 0 Å². The Bertz CT molecular complexity index is 569. The maximum absolute atomic E-state index is 11.5. The van der Waals surface area contributed by atoms with Crippen LogP contribution < -0.4 is 5.73 Å². The summed E-state index contributed by atoms with van der Waals surface area (Å²) in [7, 11) is 0. The predicted molar refractivity (Wildman–Crippen MR) is 69.9 cm³/mol. The summed E-state index contributed by atoms with van der Waals surface area (Å²) in [5.74, 6) is 0.370. The SMILES string of the molecule is NC(=NC(=O)C=Cc1ccco1)c1ccccc1. The Labute approximate surface area is 104 Å². The van der Waals surface area contributed by atoms with Gasteiger partial charge in [-0.15, -0.1) is 0 Å². The zero-order valence-corrected chi connectivity index (χ0v) is 9.61. The van der Waals surface area contributed by atoms with Crippen molar-refractivity contribution in [3.05, 3.63) is 66.1 Å². The molecule has 2 aromatic rings. The van der Waals surface area contributed by atoms with Crippen molar-refractivity contribution < 1.29 is 9.21 Å². The molecule has 0 saturated carbocycles. The van der Waals surface area contributed by atoms with E-state index in [0.29, 0.717) is 5.76 Å². The molecule has 90 valence electrons. The van der Waals surface area contributed by atoms with Crippen molar-refractivity contribution in [2.24, 2.45) is 10.7 Å². The molecule has 2 rings (SSSR count). The summed E-state index contributed by atoms with van der Waals surface area (Å²) in [6.07, 6.45) is 4.39. The molecule has 18 heavy (non-hydrogen) atoms. The molecule has 0 spiro atoms. The zero-order valence-electron chi connectivity index (χ0n) is 9.61. The van der Waals surface area contributed by atoms with E-state index in [1.807, 2.05) is 18.2 Å². The Kier molecular flexibility index (Phi) is 3.71. The highest BCUT2D eigenvalue weighted by Gasteiger charge is 1.99. The van der Waals surface area contributed by atoms with Crippen LogP contribution in [0.5, 0.6) is 0 Å². The summed E-state index contributed by atoms with van der Waals surface area (Å²) >= 11 is 0. The number of amides is 1. The summed E-state index contributed by atoms with van der Waals surface area (Å²) in [5.41, 5.74) is 6.44. The lowest BCUT2D eigenvalue weighted by atomic mass is 10.2. The van der Waals surface area contributed by atoms with E-state index in [0.717, 1.165) is 5.56 Å². The fourth-order valence-corrected chi connectivity index (χ4v) is 1.37. The van der Waals surface area contributed by atoms with Crippen molar-refractivity contribution in [2.45, 2.75) is 0 Å². The second-order valence-electron chi connectivity index (χ2n) is 3.55. The van der Waals surface area contributed by atoms with Crippen molar-refractivity contribution >= 4 is 17.8 Å². The van der Waals surface area contributed by atoms with E-state index >= 15 is 0 Å². The molecule has 0 fully saturated rings.